The summed E-state index contributed by atoms with van der Waals surface area (Å²) in [5.41, 5.74) is 0. The normalized spacial score (nSPS) is 10.2. The average Bonchev–Trinajstić information content (AvgIpc) is 2.65. The first-order chi connectivity index (χ1) is 8.09. The Balaban J connectivity index is 2.50. The smallest absolute Gasteiger partial charge is 0.420 e. The van der Waals surface area contributed by atoms with E-state index in [1.54, 1.807) is 13.1 Å². The maximum Gasteiger partial charge on any atom is 0.420 e. The molecular weight excluding hydrogens is 246 g/mol. The Hall–Kier alpha value is -2.15. The molecule has 0 fully saturated rings. The molecule has 2 rings (SSSR count). The van der Waals surface area contributed by atoms with Crippen molar-refractivity contribution in [3.8, 4) is 0 Å². The largest absolute Gasteiger partial charge is 0.464 e. The van der Waals surface area contributed by atoms with Crippen molar-refractivity contribution in [1.29, 1.82) is 0 Å². The maximum absolute atomic E-state index is 11.2. The fraction of sp³-hybridized carbons (Fsp3) is 0.111. The standard InChI is InChI=1S/C9H8ClN5O2/c1-14-7(3-5-12-14)15(9(16)17)8-11-4-2-6(10)13-8/h2-5H,1H3,(H,16,17). The van der Waals surface area contributed by atoms with E-state index in [2.05, 4.69) is 15.1 Å². The Morgan fingerprint density at radius 1 is 1.47 bits per heavy atom. The Bertz CT molecular complexity index is 556. The number of nitrogens with zero attached hydrogens (tertiary/aromatic N) is 5. The van der Waals surface area contributed by atoms with E-state index >= 15 is 0 Å². The zero-order valence-corrected chi connectivity index (χ0v) is 9.53. The molecule has 2 heterocycles. The fourth-order valence-corrected chi connectivity index (χ4v) is 1.44. The second-order valence-electron chi connectivity index (χ2n) is 3.11. The summed E-state index contributed by atoms with van der Waals surface area (Å²) < 4.78 is 1.40. The summed E-state index contributed by atoms with van der Waals surface area (Å²) in [6, 6.07) is 3.01. The van der Waals surface area contributed by atoms with Crippen LogP contribution in [-0.4, -0.2) is 30.9 Å². The van der Waals surface area contributed by atoms with Gasteiger partial charge in [-0.15, -0.1) is 0 Å². The molecular formula is C9H8ClN5O2. The van der Waals surface area contributed by atoms with Crippen molar-refractivity contribution < 1.29 is 9.90 Å². The van der Waals surface area contributed by atoms with Crippen LogP contribution in [0, 0.1) is 0 Å². The van der Waals surface area contributed by atoms with Gasteiger partial charge in [-0.3, -0.25) is 4.68 Å². The zero-order chi connectivity index (χ0) is 12.4. The molecule has 88 valence electrons. The van der Waals surface area contributed by atoms with Crippen LogP contribution in [0.2, 0.25) is 5.15 Å². The molecule has 1 amide bonds. The van der Waals surface area contributed by atoms with Crippen LogP contribution in [-0.2, 0) is 7.05 Å². The number of anilines is 2. The second-order valence-corrected chi connectivity index (χ2v) is 3.50. The molecule has 17 heavy (non-hydrogen) atoms. The summed E-state index contributed by atoms with van der Waals surface area (Å²) in [7, 11) is 1.62. The van der Waals surface area contributed by atoms with Gasteiger partial charge < -0.3 is 5.11 Å². The van der Waals surface area contributed by atoms with Crippen LogP contribution in [0.1, 0.15) is 0 Å². The van der Waals surface area contributed by atoms with Gasteiger partial charge >= 0.3 is 6.09 Å². The molecule has 0 saturated heterocycles. The molecule has 7 nitrogen and oxygen atoms in total. The van der Waals surface area contributed by atoms with Crippen LogP contribution >= 0.6 is 11.6 Å². The molecule has 0 saturated carbocycles. The van der Waals surface area contributed by atoms with Crippen LogP contribution in [0.3, 0.4) is 0 Å². The summed E-state index contributed by atoms with van der Waals surface area (Å²) in [6.45, 7) is 0. The number of hydrogen-bond acceptors (Lipinski definition) is 4. The van der Waals surface area contributed by atoms with Gasteiger partial charge in [-0.1, -0.05) is 11.6 Å². The number of aromatic nitrogens is 4. The van der Waals surface area contributed by atoms with Gasteiger partial charge in [0.15, 0.2) is 0 Å². The minimum Gasteiger partial charge on any atom is -0.464 e. The van der Waals surface area contributed by atoms with Crippen molar-refractivity contribution in [2.45, 2.75) is 0 Å². The number of halogens is 1. The number of rotatable bonds is 2. The second kappa shape index (κ2) is 4.38. The number of carboxylic acid groups (broad SMARTS) is 1. The van der Waals surface area contributed by atoms with E-state index in [-0.39, 0.29) is 11.1 Å². The van der Waals surface area contributed by atoms with E-state index < -0.39 is 6.09 Å². The SMILES string of the molecule is Cn1nccc1N(C(=O)O)c1nccc(Cl)n1. The Morgan fingerprint density at radius 3 is 2.76 bits per heavy atom. The summed E-state index contributed by atoms with van der Waals surface area (Å²) in [6.07, 6.45) is 1.66. The van der Waals surface area contributed by atoms with Gasteiger partial charge in [0.1, 0.15) is 11.0 Å². The molecule has 0 atom stereocenters. The van der Waals surface area contributed by atoms with Crippen LogP contribution in [0.5, 0.6) is 0 Å². The fourth-order valence-electron chi connectivity index (χ4n) is 1.31. The third-order valence-corrected chi connectivity index (χ3v) is 2.23. The van der Waals surface area contributed by atoms with Gasteiger partial charge in [-0.05, 0) is 6.07 Å². The lowest BCUT2D eigenvalue weighted by Gasteiger charge is -2.16. The number of hydrogen-bond donors (Lipinski definition) is 1. The molecule has 0 bridgehead atoms. The van der Waals surface area contributed by atoms with Gasteiger partial charge in [-0.25, -0.2) is 14.8 Å². The highest BCUT2D eigenvalue weighted by Gasteiger charge is 2.22. The third kappa shape index (κ3) is 2.18. The van der Waals surface area contributed by atoms with E-state index in [1.165, 1.54) is 23.1 Å². The van der Waals surface area contributed by atoms with Gasteiger partial charge in [-0.2, -0.15) is 10.00 Å². The molecule has 8 heteroatoms. The van der Waals surface area contributed by atoms with E-state index in [9.17, 15) is 9.90 Å². The van der Waals surface area contributed by atoms with Crippen molar-refractivity contribution >= 4 is 29.5 Å². The molecule has 2 aromatic rings. The molecule has 2 aromatic heterocycles. The van der Waals surface area contributed by atoms with E-state index in [0.29, 0.717) is 5.82 Å². The van der Waals surface area contributed by atoms with Crippen LogP contribution in [0.25, 0.3) is 0 Å². The van der Waals surface area contributed by atoms with Gasteiger partial charge in [0.2, 0.25) is 5.95 Å². The molecule has 0 aromatic carbocycles. The van der Waals surface area contributed by atoms with Crippen LogP contribution in [0.15, 0.2) is 24.5 Å². The number of amides is 1. The van der Waals surface area contributed by atoms with Crippen molar-refractivity contribution in [2.24, 2.45) is 7.05 Å². The first kappa shape index (κ1) is 11.3. The maximum atomic E-state index is 11.2. The summed E-state index contributed by atoms with van der Waals surface area (Å²) in [4.78, 5) is 19.8. The third-order valence-electron chi connectivity index (χ3n) is 2.02. The predicted molar refractivity (Wildman–Crippen MR) is 60.4 cm³/mol. The summed E-state index contributed by atoms with van der Waals surface area (Å²) in [5.74, 6) is 0.313. The van der Waals surface area contributed by atoms with E-state index in [0.717, 1.165) is 4.90 Å². The Kier molecular flexibility index (Phi) is 2.92. The highest BCUT2D eigenvalue weighted by atomic mass is 35.5. The molecule has 0 aliphatic rings. The monoisotopic (exact) mass is 253 g/mol. The van der Waals surface area contributed by atoms with E-state index in [1.807, 2.05) is 0 Å². The molecule has 0 spiro atoms. The van der Waals surface area contributed by atoms with Crippen LogP contribution in [0.4, 0.5) is 16.6 Å². The number of carbonyl (C=O) groups is 1. The predicted octanol–water partition coefficient (Wildman–Crippen LogP) is 1.68. The van der Waals surface area contributed by atoms with Gasteiger partial charge in [0.25, 0.3) is 0 Å². The minimum atomic E-state index is -1.21. The van der Waals surface area contributed by atoms with Crippen molar-refractivity contribution in [2.75, 3.05) is 4.90 Å². The Morgan fingerprint density at radius 2 is 2.24 bits per heavy atom. The van der Waals surface area contributed by atoms with Crippen molar-refractivity contribution in [1.82, 2.24) is 19.7 Å². The zero-order valence-electron chi connectivity index (χ0n) is 8.78. The molecule has 0 unspecified atom stereocenters. The lowest BCUT2D eigenvalue weighted by molar-refractivity contribution is 0.204. The minimum absolute atomic E-state index is 0.0198. The molecule has 0 aliphatic heterocycles. The lowest BCUT2D eigenvalue weighted by atomic mass is 10.5. The molecule has 1 N–H and O–H groups in total. The molecule has 0 aliphatic carbocycles. The van der Waals surface area contributed by atoms with E-state index in [4.69, 9.17) is 11.6 Å². The van der Waals surface area contributed by atoms with Gasteiger partial charge in [0, 0.05) is 19.3 Å². The quantitative estimate of drug-likeness (QED) is 0.823. The summed E-state index contributed by atoms with van der Waals surface area (Å²) >= 11 is 5.70. The van der Waals surface area contributed by atoms with Crippen molar-refractivity contribution in [3.05, 3.63) is 29.7 Å². The lowest BCUT2D eigenvalue weighted by Crippen LogP contribution is -2.27. The first-order valence-corrected chi connectivity index (χ1v) is 4.97. The van der Waals surface area contributed by atoms with Crippen molar-refractivity contribution in [3.63, 3.8) is 0 Å². The highest BCUT2D eigenvalue weighted by molar-refractivity contribution is 6.29. The first-order valence-electron chi connectivity index (χ1n) is 4.59. The van der Waals surface area contributed by atoms with Crippen LogP contribution < -0.4 is 4.90 Å². The highest BCUT2D eigenvalue weighted by Crippen LogP contribution is 2.21. The number of aryl methyl sites for hydroxylation is 1. The van der Waals surface area contributed by atoms with Gasteiger partial charge in [0.05, 0.1) is 6.20 Å². The molecule has 0 radical (unpaired) electrons. The summed E-state index contributed by atoms with van der Waals surface area (Å²) in [5, 5.41) is 13.2. The topological polar surface area (TPSA) is 84.1 Å². The Labute approximate surface area is 101 Å². The average molecular weight is 254 g/mol.